The van der Waals surface area contributed by atoms with E-state index in [2.05, 4.69) is 5.32 Å². The molecule has 6 nitrogen and oxygen atoms in total. The number of ether oxygens (including phenoxy) is 1. The Morgan fingerprint density at radius 2 is 1.93 bits per heavy atom. The van der Waals surface area contributed by atoms with Crippen molar-refractivity contribution < 1.29 is 17.9 Å². The number of benzene rings is 2. The summed E-state index contributed by atoms with van der Waals surface area (Å²) in [4.78, 5) is 12.5. The summed E-state index contributed by atoms with van der Waals surface area (Å²) in [5.41, 5.74) is 1.43. The van der Waals surface area contributed by atoms with E-state index < -0.39 is 10.0 Å². The van der Waals surface area contributed by atoms with Crippen LogP contribution in [0, 0.1) is 0 Å². The summed E-state index contributed by atoms with van der Waals surface area (Å²) in [5.74, 6) is 0.0298. The zero-order chi connectivity index (χ0) is 20.9. The largest absolute Gasteiger partial charge is 0.379 e. The average Bonchev–Trinajstić information content (AvgIpc) is 2.73. The molecule has 0 saturated carbocycles. The number of nitrogens with one attached hydrogen (secondary N) is 1. The first-order valence-corrected chi connectivity index (χ1v) is 12.1. The van der Waals surface area contributed by atoms with Crippen molar-refractivity contribution >= 4 is 45.0 Å². The Balaban J connectivity index is 1.61. The van der Waals surface area contributed by atoms with Crippen LogP contribution in [0.25, 0.3) is 0 Å². The molecule has 29 heavy (non-hydrogen) atoms. The lowest BCUT2D eigenvalue weighted by Gasteiger charge is -2.26. The van der Waals surface area contributed by atoms with Crippen LogP contribution in [0.3, 0.4) is 0 Å². The number of halogens is 1. The summed E-state index contributed by atoms with van der Waals surface area (Å²) < 4.78 is 32.2. The van der Waals surface area contributed by atoms with Crippen molar-refractivity contribution in [3.05, 3.63) is 59.1 Å². The number of nitrogens with zero attached hydrogens (tertiary/aromatic N) is 1. The van der Waals surface area contributed by atoms with Gasteiger partial charge in [-0.15, -0.1) is 11.8 Å². The van der Waals surface area contributed by atoms with Gasteiger partial charge in [0.05, 0.1) is 23.9 Å². The van der Waals surface area contributed by atoms with Crippen LogP contribution >= 0.6 is 23.4 Å². The molecule has 1 aliphatic heterocycles. The topological polar surface area (TPSA) is 75.7 Å². The van der Waals surface area contributed by atoms with E-state index in [4.69, 9.17) is 16.3 Å². The molecule has 0 aromatic heterocycles. The summed E-state index contributed by atoms with van der Waals surface area (Å²) in [6.45, 7) is 3.42. The SMILES string of the molecule is CC(SCC(=O)Nc1cccc(S(=O)(=O)N2CCOCC2)c1)c1ccccc1Cl. The molecule has 156 valence electrons. The van der Waals surface area contributed by atoms with E-state index in [9.17, 15) is 13.2 Å². The van der Waals surface area contributed by atoms with E-state index in [-0.39, 0.29) is 21.8 Å². The Morgan fingerprint density at radius 1 is 1.21 bits per heavy atom. The summed E-state index contributed by atoms with van der Waals surface area (Å²) in [5, 5.41) is 3.51. The molecule has 2 aromatic rings. The number of carbonyl (C=O) groups excluding carboxylic acids is 1. The van der Waals surface area contributed by atoms with E-state index in [1.54, 1.807) is 12.1 Å². The first-order valence-electron chi connectivity index (χ1n) is 9.22. The van der Waals surface area contributed by atoms with Gasteiger partial charge in [-0.25, -0.2) is 8.42 Å². The van der Waals surface area contributed by atoms with Gasteiger partial charge in [-0.05, 0) is 36.8 Å². The van der Waals surface area contributed by atoms with Crippen LogP contribution in [0.4, 0.5) is 5.69 Å². The molecule has 0 radical (unpaired) electrons. The monoisotopic (exact) mass is 454 g/mol. The minimum Gasteiger partial charge on any atom is -0.379 e. The predicted molar refractivity (Wildman–Crippen MR) is 117 cm³/mol. The molecule has 1 atom stereocenters. The minimum atomic E-state index is -3.60. The fraction of sp³-hybridized carbons (Fsp3) is 0.350. The quantitative estimate of drug-likeness (QED) is 0.688. The van der Waals surface area contributed by atoms with E-state index in [0.717, 1.165) is 5.56 Å². The molecule has 9 heteroatoms. The summed E-state index contributed by atoms with van der Waals surface area (Å²) in [6, 6.07) is 13.9. The van der Waals surface area contributed by atoms with Gasteiger partial charge in [0.15, 0.2) is 0 Å². The molecule has 1 amide bonds. The Hall–Kier alpha value is -1.58. The van der Waals surface area contributed by atoms with Gasteiger partial charge in [0, 0.05) is 29.0 Å². The van der Waals surface area contributed by atoms with Crippen molar-refractivity contribution in [3.8, 4) is 0 Å². The van der Waals surface area contributed by atoms with Gasteiger partial charge < -0.3 is 10.1 Å². The lowest BCUT2D eigenvalue weighted by Crippen LogP contribution is -2.40. The maximum absolute atomic E-state index is 12.8. The molecule has 1 aliphatic rings. The lowest BCUT2D eigenvalue weighted by atomic mass is 10.2. The molecule has 1 heterocycles. The van der Waals surface area contributed by atoms with Crippen molar-refractivity contribution in [1.29, 1.82) is 0 Å². The zero-order valence-corrected chi connectivity index (χ0v) is 18.4. The first-order chi connectivity index (χ1) is 13.9. The number of rotatable bonds is 7. The molecule has 0 bridgehead atoms. The number of amides is 1. The lowest BCUT2D eigenvalue weighted by molar-refractivity contribution is -0.113. The van der Waals surface area contributed by atoms with Gasteiger partial charge in [0.1, 0.15) is 0 Å². The molecule has 0 aliphatic carbocycles. The normalized spacial score (nSPS) is 16.3. The number of thioether (sulfide) groups is 1. The summed E-state index contributed by atoms with van der Waals surface area (Å²) >= 11 is 7.67. The number of morpholine rings is 1. The van der Waals surface area contributed by atoms with Crippen LogP contribution in [0.2, 0.25) is 5.02 Å². The van der Waals surface area contributed by atoms with Crippen LogP contribution in [-0.2, 0) is 19.6 Å². The van der Waals surface area contributed by atoms with Gasteiger partial charge in [-0.1, -0.05) is 35.9 Å². The second kappa shape index (κ2) is 9.95. The smallest absolute Gasteiger partial charge is 0.243 e. The van der Waals surface area contributed by atoms with E-state index >= 15 is 0 Å². The van der Waals surface area contributed by atoms with Crippen LogP contribution in [0.1, 0.15) is 17.7 Å². The third-order valence-corrected chi connectivity index (χ3v) is 7.95. The van der Waals surface area contributed by atoms with Crippen molar-refractivity contribution in [1.82, 2.24) is 4.31 Å². The molecule has 2 aromatic carbocycles. The third kappa shape index (κ3) is 5.73. The summed E-state index contributed by atoms with van der Waals surface area (Å²) in [6.07, 6.45) is 0. The zero-order valence-electron chi connectivity index (χ0n) is 16.0. The molecule has 3 rings (SSSR count). The van der Waals surface area contributed by atoms with Crippen LogP contribution in [0.15, 0.2) is 53.4 Å². The fourth-order valence-corrected chi connectivity index (χ4v) is 5.64. The fourth-order valence-electron chi connectivity index (χ4n) is 2.96. The Bertz CT molecular complexity index is 962. The number of hydrogen-bond donors (Lipinski definition) is 1. The Morgan fingerprint density at radius 3 is 2.66 bits per heavy atom. The molecule has 1 N–H and O–H groups in total. The molecule has 1 saturated heterocycles. The van der Waals surface area contributed by atoms with Crippen molar-refractivity contribution in [3.63, 3.8) is 0 Å². The highest BCUT2D eigenvalue weighted by Gasteiger charge is 2.26. The Labute approximate surface area is 180 Å². The maximum Gasteiger partial charge on any atom is 0.243 e. The highest BCUT2D eigenvalue weighted by molar-refractivity contribution is 8.00. The van der Waals surface area contributed by atoms with Crippen molar-refractivity contribution in [2.75, 3.05) is 37.4 Å². The van der Waals surface area contributed by atoms with E-state index in [0.29, 0.717) is 37.0 Å². The minimum absolute atomic E-state index is 0.0579. The maximum atomic E-state index is 12.8. The predicted octanol–water partition coefficient (Wildman–Crippen LogP) is 3.79. The van der Waals surface area contributed by atoms with E-state index in [1.807, 2.05) is 31.2 Å². The molecule has 1 unspecified atom stereocenters. The molecule has 1 fully saturated rings. The third-order valence-electron chi connectivity index (χ3n) is 4.53. The van der Waals surface area contributed by atoms with Gasteiger partial charge in [-0.2, -0.15) is 4.31 Å². The van der Waals surface area contributed by atoms with Crippen LogP contribution in [-0.4, -0.2) is 50.7 Å². The second-order valence-electron chi connectivity index (χ2n) is 6.57. The van der Waals surface area contributed by atoms with Crippen LogP contribution < -0.4 is 5.32 Å². The Kier molecular flexibility index (Phi) is 7.59. The average molecular weight is 455 g/mol. The van der Waals surface area contributed by atoms with Crippen molar-refractivity contribution in [2.24, 2.45) is 0 Å². The molecule has 0 spiro atoms. The van der Waals surface area contributed by atoms with Gasteiger partial charge >= 0.3 is 0 Å². The second-order valence-corrected chi connectivity index (χ2v) is 10.2. The number of sulfonamides is 1. The van der Waals surface area contributed by atoms with Crippen molar-refractivity contribution in [2.45, 2.75) is 17.1 Å². The first kappa shape index (κ1) is 22.1. The highest BCUT2D eigenvalue weighted by Crippen LogP contribution is 2.32. The molecular weight excluding hydrogens is 432 g/mol. The number of hydrogen-bond acceptors (Lipinski definition) is 5. The number of carbonyl (C=O) groups is 1. The van der Waals surface area contributed by atoms with Gasteiger partial charge in [-0.3, -0.25) is 4.79 Å². The number of anilines is 1. The standard InChI is InChI=1S/C20H23ClN2O4S2/c1-15(18-7-2-3-8-19(18)21)28-14-20(24)22-16-5-4-6-17(13-16)29(25,26)23-9-11-27-12-10-23/h2-8,13,15H,9-12,14H2,1H3,(H,22,24). The van der Waals surface area contributed by atoms with E-state index in [1.165, 1.54) is 28.2 Å². The van der Waals surface area contributed by atoms with Gasteiger partial charge in [0.25, 0.3) is 0 Å². The summed E-state index contributed by atoms with van der Waals surface area (Å²) in [7, 11) is -3.60. The highest BCUT2D eigenvalue weighted by atomic mass is 35.5. The van der Waals surface area contributed by atoms with Crippen LogP contribution in [0.5, 0.6) is 0 Å². The molecular formula is C20H23ClN2O4S2. The van der Waals surface area contributed by atoms with Gasteiger partial charge in [0.2, 0.25) is 15.9 Å².